The maximum Gasteiger partial charge on any atom is 3.00 e. The molecule has 0 N–H and O–H groups in total. The number of hydrogen-bond acceptors (Lipinski definition) is 0. The summed E-state index contributed by atoms with van der Waals surface area (Å²) in [6.07, 6.45) is 14.0. The van der Waals surface area contributed by atoms with Crippen molar-refractivity contribution in [1.29, 1.82) is 0 Å². The van der Waals surface area contributed by atoms with E-state index in [1.54, 1.807) is 0 Å². The van der Waals surface area contributed by atoms with Crippen molar-refractivity contribution in [2.75, 3.05) is 0 Å². The van der Waals surface area contributed by atoms with Gasteiger partial charge < -0.3 is 31.2 Å². The van der Waals surface area contributed by atoms with E-state index in [0.717, 1.165) is 6.42 Å². The van der Waals surface area contributed by atoms with Gasteiger partial charge in [0.1, 0.15) is 0 Å². The van der Waals surface area contributed by atoms with Crippen LogP contribution in [-0.2, 0) is 26.2 Å². The van der Waals surface area contributed by atoms with E-state index in [1.807, 2.05) is 0 Å². The molecule has 24 heavy (non-hydrogen) atoms. The van der Waals surface area contributed by atoms with Crippen LogP contribution in [0.3, 0.4) is 0 Å². The maximum absolute atomic E-state index is 2.47. The van der Waals surface area contributed by atoms with Crippen molar-refractivity contribution in [3.63, 3.8) is 0 Å². The molecule has 2 aliphatic carbocycles. The second-order valence-electron chi connectivity index (χ2n) is 5.92. The number of allylic oxidation sites excluding steroid dienone is 2. The quantitative estimate of drug-likeness (QED) is 0.576. The second kappa shape index (κ2) is 9.76. The summed E-state index contributed by atoms with van der Waals surface area (Å²) in [4.78, 5) is 0. The average molecular weight is 434 g/mol. The van der Waals surface area contributed by atoms with Crippen LogP contribution >= 0.6 is 0 Å². The Morgan fingerprint density at radius 3 is 2.08 bits per heavy atom. The number of rotatable bonds is 4. The Morgan fingerprint density at radius 2 is 1.33 bits per heavy atom. The molecule has 0 bridgehead atoms. The van der Waals surface area contributed by atoms with Gasteiger partial charge in [-0.2, -0.15) is 6.42 Å². The van der Waals surface area contributed by atoms with Gasteiger partial charge in [-0.1, -0.05) is 78.7 Å². The molecule has 0 saturated heterocycles. The molecule has 2 aromatic rings. The summed E-state index contributed by atoms with van der Waals surface area (Å²) >= 11 is 0. The van der Waals surface area contributed by atoms with Gasteiger partial charge in [0.25, 0.3) is 0 Å². The van der Waals surface area contributed by atoms with Crippen LogP contribution in [0, 0.1) is 6.42 Å². The van der Waals surface area contributed by atoms with E-state index in [9.17, 15) is 0 Å². The molecule has 0 nitrogen and oxygen atoms in total. The maximum atomic E-state index is 2.47. The smallest absolute Gasteiger partial charge is 1.00 e. The van der Waals surface area contributed by atoms with Crippen LogP contribution in [0.2, 0.25) is 0 Å². The molecule has 0 saturated carbocycles. The summed E-state index contributed by atoms with van der Waals surface area (Å²) in [5.74, 6) is 1.10. The van der Waals surface area contributed by atoms with Gasteiger partial charge in [0.2, 0.25) is 0 Å². The molecule has 2 unspecified atom stereocenters. The minimum atomic E-state index is 0. The van der Waals surface area contributed by atoms with Crippen molar-refractivity contribution in [3.8, 4) is 0 Å². The predicted octanol–water partition coefficient (Wildman–Crippen LogP) is -0.402. The number of benzene rings is 2. The molecular formula is C21H19Cl2Zr. The van der Waals surface area contributed by atoms with Gasteiger partial charge in [-0.25, -0.2) is 0 Å². The molecule has 2 aromatic carbocycles. The molecule has 3 heteroatoms. The van der Waals surface area contributed by atoms with Crippen molar-refractivity contribution in [2.45, 2.75) is 24.7 Å². The second-order valence-corrected chi connectivity index (χ2v) is 5.92. The third-order valence-electron chi connectivity index (χ3n) is 4.64. The summed E-state index contributed by atoms with van der Waals surface area (Å²) in [6.45, 7) is 0. The monoisotopic (exact) mass is 431 g/mol. The minimum Gasteiger partial charge on any atom is -1.00 e. The van der Waals surface area contributed by atoms with Crippen LogP contribution < -0.4 is 24.8 Å². The number of fused-ring (bicyclic) bond motifs is 2. The van der Waals surface area contributed by atoms with Crippen molar-refractivity contribution in [3.05, 3.63) is 89.4 Å². The molecule has 121 valence electrons. The van der Waals surface area contributed by atoms with Crippen LogP contribution in [-0.4, -0.2) is 0 Å². The topological polar surface area (TPSA) is 0 Å². The molecule has 2 atom stereocenters. The molecule has 0 aromatic heterocycles. The molecule has 4 rings (SSSR count). The van der Waals surface area contributed by atoms with Crippen LogP contribution in [0.25, 0.3) is 12.2 Å². The first-order valence-corrected chi connectivity index (χ1v) is 7.79. The van der Waals surface area contributed by atoms with Crippen LogP contribution in [0.1, 0.15) is 46.9 Å². The summed E-state index contributed by atoms with van der Waals surface area (Å²) in [7, 11) is 0. The van der Waals surface area contributed by atoms with Gasteiger partial charge in [-0.15, -0.1) is 12.0 Å². The van der Waals surface area contributed by atoms with Crippen LogP contribution in [0.15, 0.2) is 60.7 Å². The van der Waals surface area contributed by atoms with E-state index in [4.69, 9.17) is 0 Å². The van der Waals surface area contributed by atoms with Crippen LogP contribution in [0.4, 0.5) is 0 Å². The largest absolute Gasteiger partial charge is 3.00 e. The number of halogens is 2. The summed E-state index contributed by atoms with van der Waals surface area (Å²) in [5.41, 5.74) is 5.73. The molecule has 2 aliphatic rings. The van der Waals surface area contributed by atoms with Gasteiger partial charge in [0, 0.05) is 5.92 Å². The fraction of sp³-hybridized carbons (Fsp3) is 0.190. The Balaban J connectivity index is 0.000000960. The Morgan fingerprint density at radius 1 is 0.750 bits per heavy atom. The van der Waals surface area contributed by atoms with Gasteiger partial charge in [-0.05, 0) is 16.7 Å². The number of hydrogen-bond donors (Lipinski definition) is 0. The Hall–Kier alpha value is -0.617. The molecule has 0 fully saturated rings. The molecular weight excluding hydrogens is 414 g/mol. The standard InChI is InChI=1S/C21H19.2ClH.Zr/c1-3-10-20-16(6-1)12-14-18(20)8-5-9-19-15-13-17-7-2-4-11-21(17)19;;;/h1-4,6-8,10-15,18-19H,5,9H2;2*1H;/q-1;;;+3/p-2. The first-order valence-electron chi connectivity index (χ1n) is 7.79. The predicted molar refractivity (Wildman–Crippen MR) is 90.0 cm³/mol. The SMILES string of the molecule is C1=CC([CH-]CCC2C=Cc3ccccc32)c2ccccc21.[Cl-].[Cl-].[Zr+3]. The summed E-state index contributed by atoms with van der Waals surface area (Å²) in [6, 6.07) is 17.5. The van der Waals surface area contributed by atoms with Crippen molar-refractivity contribution in [2.24, 2.45) is 0 Å². The van der Waals surface area contributed by atoms with E-state index >= 15 is 0 Å². The first-order chi connectivity index (χ1) is 10.4. The zero-order valence-corrected chi connectivity index (χ0v) is 17.3. The normalized spacial score (nSPS) is 18.8. The molecule has 0 heterocycles. The zero-order valence-electron chi connectivity index (χ0n) is 13.3. The van der Waals surface area contributed by atoms with Gasteiger partial charge in [0.15, 0.2) is 0 Å². The Kier molecular flexibility index (Phi) is 8.71. The molecule has 0 amide bonds. The Bertz CT molecular complexity index is 660. The molecule has 0 spiro atoms. The zero-order chi connectivity index (χ0) is 14.1. The van der Waals surface area contributed by atoms with Crippen LogP contribution in [0.5, 0.6) is 0 Å². The van der Waals surface area contributed by atoms with E-state index < -0.39 is 0 Å². The van der Waals surface area contributed by atoms with E-state index in [0.29, 0.717) is 11.8 Å². The minimum absolute atomic E-state index is 0. The van der Waals surface area contributed by atoms with Gasteiger partial charge >= 0.3 is 26.2 Å². The molecule has 0 aliphatic heterocycles. The third-order valence-corrected chi connectivity index (χ3v) is 4.64. The summed E-state index contributed by atoms with van der Waals surface area (Å²) < 4.78 is 0. The van der Waals surface area contributed by atoms with Gasteiger partial charge in [0.05, 0.1) is 0 Å². The first kappa shape index (κ1) is 21.4. The molecule has 1 radical (unpaired) electrons. The van der Waals surface area contributed by atoms with Crippen molar-refractivity contribution in [1.82, 2.24) is 0 Å². The van der Waals surface area contributed by atoms with Crippen molar-refractivity contribution < 1.29 is 51.0 Å². The van der Waals surface area contributed by atoms with Gasteiger partial charge in [-0.3, -0.25) is 0 Å². The van der Waals surface area contributed by atoms with E-state index in [-0.39, 0.29) is 51.0 Å². The van der Waals surface area contributed by atoms with E-state index in [2.05, 4.69) is 79.3 Å². The fourth-order valence-corrected chi connectivity index (χ4v) is 3.51. The summed E-state index contributed by atoms with van der Waals surface area (Å²) in [5, 5.41) is 0. The average Bonchev–Trinajstić information content (AvgIpc) is 3.13. The van der Waals surface area contributed by atoms with Crippen molar-refractivity contribution >= 4 is 12.2 Å². The third kappa shape index (κ3) is 4.31. The Labute approximate surface area is 176 Å². The fourth-order valence-electron chi connectivity index (χ4n) is 3.51. The van der Waals surface area contributed by atoms with E-state index in [1.165, 1.54) is 28.7 Å².